The average molecular weight is 314 g/mol. The molecule has 0 fully saturated rings. The Kier molecular flexibility index (Phi) is 4.03. The minimum Gasteiger partial charge on any atom is -0.335 e. The van der Waals surface area contributed by atoms with Crippen LogP contribution in [-0.2, 0) is 10.3 Å². The summed E-state index contributed by atoms with van der Waals surface area (Å²) in [5.74, 6) is 0.217. The van der Waals surface area contributed by atoms with E-state index in [-0.39, 0.29) is 11.4 Å². The molecule has 0 aromatic carbocycles. The number of rotatable bonds is 3. The lowest BCUT2D eigenvalue weighted by atomic mass is 9.88. The normalized spacial score (nSPS) is 12.6. The van der Waals surface area contributed by atoms with E-state index >= 15 is 0 Å². The highest BCUT2D eigenvalue weighted by Crippen LogP contribution is 2.41. The van der Waals surface area contributed by atoms with Gasteiger partial charge in [0.2, 0.25) is 0 Å². The van der Waals surface area contributed by atoms with Gasteiger partial charge in [-0.3, -0.25) is 4.98 Å². The fourth-order valence-corrected chi connectivity index (χ4v) is 1.44. The van der Waals surface area contributed by atoms with E-state index in [2.05, 4.69) is 25.8 Å². The van der Waals surface area contributed by atoms with Gasteiger partial charge in [0.25, 0.3) is 0 Å². The van der Waals surface area contributed by atoms with Crippen LogP contribution in [0.3, 0.4) is 0 Å². The fourth-order valence-electron chi connectivity index (χ4n) is 1.06. The molecule has 1 aromatic rings. The summed E-state index contributed by atoms with van der Waals surface area (Å²) in [6.07, 6.45) is -3.19. The summed E-state index contributed by atoms with van der Waals surface area (Å²) in [6, 6.07) is 1.27. The molecular formula is C10H11BrF3NO2. The topological polar surface area (TPSA) is 31.4 Å². The van der Waals surface area contributed by atoms with E-state index in [1.165, 1.54) is 19.4 Å². The van der Waals surface area contributed by atoms with E-state index in [1.54, 1.807) is 0 Å². The molecule has 17 heavy (non-hydrogen) atoms. The van der Waals surface area contributed by atoms with Gasteiger partial charge in [0.05, 0.1) is 23.5 Å². The predicted octanol–water partition coefficient (Wildman–Crippen LogP) is 3.62. The smallest absolute Gasteiger partial charge is 0.335 e. The molecule has 0 unspecified atom stereocenters. The van der Waals surface area contributed by atoms with Crippen molar-refractivity contribution in [3.63, 3.8) is 0 Å². The standard InChI is InChI=1S/C10H11BrF3NO2/c1-9(2,10(12,13)14)8-4-6(11)7(5-15-8)17-16-3/h4-5H,1-3H3. The zero-order valence-electron chi connectivity index (χ0n) is 9.43. The Morgan fingerprint density at radius 1 is 1.29 bits per heavy atom. The van der Waals surface area contributed by atoms with Crippen molar-refractivity contribution in [2.45, 2.75) is 25.4 Å². The molecule has 0 aliphatic rings. The minimum absolute atomic E-state index is 0.0969. The van der Waals surface area contributed by atoms with Gasteiger partial charge in [-0.2, -0.15) is 18.1 Å². The molecule has 0 atom stereocenters. The van der Waals surface area contributed by atoms with Gasteiger partial charge in [-0.1, -0.05) is 0 Å². The van der Waals surface area contributed by atoms with Crippen molar-refractivity contribution >= 4 is 15.9 Å². The van der Waals surface area contributed by atoms with Crippen LogP contribution in [0.15, 0.2) is 16.7 Å². The molecule has 0 saturated heterocycles. The molecule has 3 nitrogen and oxygen atoms in total. The summed E-state index contributed by atoms with van der Waals surface area (Å²) in [5, 5.41) is 0. The van der Waals surface area contributed by atoms with Gasteiger partial charge in [0, 0.05) is 0 Å². The van der Waals surface area contributed by atoms with Crippen LogP contribution in [0.4, 0.5) is 13.2 Å². The third-order valence-electron chi connectivity index (χ3n) is 2.34. The maximum atomic E-state index is 12.8. The second-order valence-corrected chi connectivity index (χ2v) is 4.73. The average Bonchev–Trinajstić information content (AvgIpc) is 2.19. The first kappa shape index (κ1) is 14.2. The number of pyridine rings is 1. The van der Waals surface area contributed by atoms with Crippen LogP contribution < -0.4 is 4.89 Å². The minimum atomic E-state index is -4.37. The lowest BCUT2D eigenvalue weighted by Gasteiger charge is -2.27. The molecule has 0 amide bonds. The first-order valence-corrected chi connectivity index (χ1v) is 5.43. The Bertz CT molecular complexity index is 407. The molecule has 0 bridgehead atoms. The van der Waals surface area contributed by atoms with Crippen molar-refractivity contribution in [2.75, 3.05) is 7.11 Å². The lowest BCUT2D eigenvalue weighted by molar-refractivity contribution is -0.182. The van der Waals surface area contributed by atoms with Crippen molar-refractivity contribution in [1.82, 2.24) is 4.98 Å². The number of halogens is 4. The number of hydrogen-bond acceptors (Lipinski definition) is 3. The Labute approximate surface area is 105 Å². The van der Waals surface area contributed by atoms with E-state index in [0.717, 1.165) is 13.8 Å². The van der Waals surface area contributed by atoms with Gasteiger partial charge >= 0.3 is 6.18 Å². The van der Waals surface area contributed by atoms with Gasteiger partial charge in [-0.05, 0) is 35.8 Å². The van der Waals surface area contributed by atoms with Gasteiger partial charge < -0.3 is 4.89 Å². The maximum Gasteiger partial charge on any atom is 0.399 e. The van der Waals surface area contributed by atoms with Gasteiger partial charge in [-0.25, -0.2) is 0 Å². The van der Waals surface area contributed by atoms with Crippen molar-refractivity contribution in [3.05, 3.63) is 22.4 Å². The second kappa shape index (κ2) is 4.81. The highest BCUT2D eigenvalue weighted by atomic mass is 79.9. The van der Waals surface area contributed by atoms with Gasteiger partial charge in [0.1, 0.15) is 5.41 Å². The van der Waals surface area contributed by atoms with Crippen molar-refractivity contribution in [1.29, 1.82) is 0 Å². The second-order valence-electron chi connectivity index (χ2n) is 3.87. The highest BCUT2D eigenvalue weighted by Gasteiger charge is 2.49. The summed E-state index contributed by atoms with van der Waals surface area (Å²) in [5.41, 5.74) is -2.12. The number of hydrogen-bond donors (Lipinski definition) is 0. The Hall–Kier alpha value is -0.820. The summed E-state index contributed by atoms with van der Waals surface area (Å²) in [6.45, 7) is 2.14. The summed E-state index contributed by atoms with van der Waals surface area (Å²) in [7, 11) is 1.29. The van der Waals surface area contributed by atoms with Gasteiger partial charge in [-0.15, -0.1) is 0 Å². The Morgan fingerprint density at radius 3 is 2.29 bits per heavy atom. The van der Waals surface area contributed by atoms with Gasteiger partial charge in [0.15, 0.2) is 5.75 Å². The molecule has 1 aromatic heterocycles. The first-order chi connectivity index (χ1) is 7.70. The van der Waals surface area contributed by atoms with Crippen LogP contribution in [-0.4, -0.2) is 18.3 Å². The van der Waals surface area contributed by atoms with Crippen LogP contribution >= 0.6 is 15.9 Å². The van der Waals surface area contributed by atoms with E-state index in [1.807, 2.05) is 0 Å². The molecule has 0 aliphatic heterocycles. The molecule has 0 N–H and O–H groups in total. The molecule has 0 spiro atoms. The molecule has 0 radical (unpaired) electrons. The van der Waals surface area contributed by atoms with Crippen molar-refractivity contribution < 1.29 is 22.9 Å². The lowest BCUT2D eigenvalue weighted by Crippen LogP contribution is -2.37. The molecule has 0 aliphatic carbocycles. The van der Waals surface area contributed by atoms with E-state index in [4.69, 9.17) is 4.89 Å². The quantitative estimate of drug-likeness (QED) is 0.631. The Balaban J connectivity index is 3.13. The van der Waals surface area contributed by atoms with E-state index < -0.39 is 11.6 Å². The van der Waals surface area contributed by atoms with Crippen LogP contribution in [0.5, 0.6) is 5.75 Å². The largest absolute Gasteiger partial charge is 0.399 e. The molecule has 7 heteroatoms. The van der Waals surface area contributed by atoms with Crippen molar-refractivity contribution in [3.8, 4) is 5.75 Å². The third-order valence-corrected chi connectivity index (χ3v) is 2.96. The summed E-state index contributed by atoms with van der Waals surface area (Å²) >= 11 is 3.09. The number of alkyl halides is 3. The van der Waals surface area contributed by atoms with Crippen LogP contribution in [0.2, 0.25) is 0 Å². The number of aromatic nitrogens is 1. The predicted molar refractivity (Wildman–Crippen MR) is 58.7 cm³/mol. The fraction of sp³-hybridized carbons (Fsp3) is 0.500. The third kappa shape index (κ3) is 2.90. The molecule has 1 heterocycles. The van der Waals surface area contributed by atoms with E-state index in [0.29, 0.717) is 4.47 Å². The van der Waals surface area contributed by atoms with Crippen molar-refractivity contribution in [2.24, 2.45) is 0 Å². The Morgan fingerprint density at radius 2 is 1.88 bits per heavy atom. The first-order valence-electron chi connectivity index (χ1n) is 4.63. The van der Waals surface area contributed by atoms with Crippen LogP contribution in [0.25, 0.3) is 0 Å². The SMILES string of the molecule is COOc1cnc(C(C)(C)C(F)(F)F)cc1Br. The molecule has 96 valence electrons. The molecule has 1 rings (SSSR count). The highest BCUT2D eigenvalue weighted by molar-refractivity contribution is 9.10. The summed E-state index contributed by atoms with van der Waals surface area (Å²) < 4.78 is 38.7. The molecular weight excluding hydrogens is 303 g/mol. The number of nitrogens with zero attached hydrogens (tertiary/aromatic N) is 1. The monoisotopic (exact) mass is 313 g/mol. The summed E-state index contributed by atoms with van der Waals surface area (Å²) in [4.78, 5) is 12.8. The zero-order valence-corrected chi connectivity index (χ0v) is 11.0. The van der Waals surface area contributed by atoms with E-state index in [9.17, 15) is 13.2 Å². The van der Waals surface area contributed by atoms with Crippen LogP contribution in [0.1, 0.15) is 19.5 Å². The molecule has 0 saturated carbocycles. The van der Waals surface area contributed by atoms with Crippen LogP contribution in [0, 0.1) is 0 Å². The maximum absolute atomic E-state index is 12.8. The zero-order chi connectivity index (χ0) is 13.3.